The van der Waals surface area contributed by atoms with Crippen LogP contribution in [0.2, 0.25) is 0 Å². The van der Waals surface area contributed by atoms with Crippen molar-refractivity contribution in [2.75, 3.05) is 18.4 Å². The first-order chi connectivity index (χ1) is 8.58. The van der Waals surface area contributed by atoms with E-state index in [2.05, 4.69) is 10.3 Å². The summed E-state index contributed by atoms with van der Waals surface area (Å²) in [6.07, 6.45) is 3.53. The van der Waals surface area contributed by atoms with E-state index in [4.69, 9.17) is 5.11 Å². The minimum absolute atomic E-state index is 0.0475. The zero-order valence-electron chi connectivity index (χ0n) is 10.5. The van der Waals surface area contributed by atoms with Crippen molar-refractivity contribution in [3.05, 3.63) is 24.0 Å². The van der Waals surface area contributed by atoms with E-state index in [0.29, 0.717) is 18.8 Å². The molecule has 1 aromatic rings. The fourth-order valence-corrected chi connectivity index (χ4v) is 1.50. The Hall–Kier alpha value is -2.11. The van der Waals surface area contributed by atoms with Crippen LogP contribution in [0.15, 0.2) is 18.5 Å². The predicted molar refractivity (Wildman–Crippen MR) is 67.8 cm³/mol. The third-order valence-electron chi connectivity index (χ3n) is 2.40. The molecule has 0 spiro atoms. The number of carboxylic acids is 1. The molecule has 0 fully saturated rings. The number of nitrogens with zero attached hydrogens (tertiary/aromatic N) is 2. The van der Waals surface area contributed by atoms with Gasteiger partial charge in [-0.15, -0.1) is 0 Å². The van der Waals surface area contributed by atoms with E-state index in [1.807, 2.05) is 13.8 Å². The van der Waals surface area contributed by atoms with Crippen molar-refractivity contribution >= 4 is 17.7 Å². The number of pyridine rings is 1. The van der Waals surface area contributed by atoms with Gasteiger partial charge in [0.2, 0.25) is 0 Å². The Kier molecular flexibility index (Phi) is 5.10. The molecule has 6 heteroatoms. The van der Waals surface area contributed by atoms with Crippen LogP contribution in [0, 0.1) is 0 Å². The van der Waals surface area contributed by atoms with Crippen LogP contribution < -0.4 is 5.32 Å². The topological polar surface area (TPSA) is 82.5 Å². The molecule has 0 aliphatic heterocycles. The summed E-state index contributed by atoms with van der Waals surface area (Å²) in [5.41, 5.74) is 0.431. The lowest BCUT2D eigenvalue weighted by Gasteiger charge is -2.20. The predicted octanol–water partition coefficient (Wildman–Crippen LogP) is 2.04. The molecule has 0 saturated carbocycles. The van der Waals surface area contributed by atoms with Gasteiger partial charge >= 0.3 is 12.0 Å². The van der Waals surface area contributed by atoms with Gasteiger partial charge in [0.1, 0.15) is 0 Å². The molecular weight excluding hydrogens is 234 g/mol. The van der Waals surface area contributed by atoms with Crippen molar-refractivity contribution in [2.45, 2.75) is 20.3 Å². The summed E-state index contributed by atoms with van der Waals surface area (Å²) in [7, 11) is 0. The van der Waals surface area contributed by atoms with Crippen LogP contribution in [0.5, 0.6) is 0 Å². The highest BCUT2D eigenvalue weighted by molar-refractivity contribution is 5.92. The first-order valence-corrected chi connectivity index (χ1v) is 5.82. The van der Waals surface area contributed by atoms with Crippen molar-refractivity contribution in [1.82, 2.24) is 9.88 Å². The van der Waals surface area contributed by atoms with E-state index in [0.717, 1.165) is 6.42 Å². The van der Waals surface area contributed by atoms with Crippen LogP contribution in [-0.2, 0) is 0 Å². The lowest BCUT2D eigenvalue weighted by Crippen LogP contribution is -2.35. The number of anilines is 1. The summed E-state index contributed by atoms with van der Waals surface area (Å²) in [5.74, 6) is -1.07. The van der Waals surface area contributed by atoms with Gasteiger partial charge in [-0.2, -0.15) is 0 Å². The zero-order valence-corrected chi connectivity index (χ0v) is 10.5. The maximum absolute atomic E-state index is 11.9. The lowest BCUT2D eigenvalue weighted by molar-refractivity contribution is 0.0696. The molecular formula is C12H17N3O3. The van der Waals surface area contributed by atoms with E-state index in [1.165, 1.54) is 18.5 Å². The van der Waals surface area contributed by atoms with E-state index in [9.17, 15) is 9.59 Å². The summed E-state index contributed by atoms with van der Waals surface area (Å²) in [4.78, 5) is 28.0. The maximum Gasteiger partial charge on any atom is 0.337 e. The fraction of sp³-hybridized carbons (Fsp3) is 0.417. The van der Waals surface area contributed by atoms with Crippen molar-refractivity contribution in [1.29, 1.82) is 0 Å². The van der Waals surface area contributed by atoms with Gasteiger partial charge in [0.25, 0.3) is 0 Å². The van der Waals surface area contributed by atoms with Gasteiger partial charge in [-0.25, -0.2) is 9.59 Å². The number of aromatic carboxylic acids is 1. The highest BCUT2D eigenvalue weighted by Crippen LogP contribution is 2.09. The van der Waals surface area contributed by atoms with Crippen LogP contribution in [-0.4, -0.2) is 40.1 Å². The van der Waals surface area contributed by atoms with Gasteiger partial charge in [0.15, 0.2) is 0 Å². The van der Waals surface area contributed by atoms with E-state index in [-0.39, 0.29) is 11.6 Å². The Morgan fingerprint density at radius 3 is 2.67 bits per heavy atom. The van der Waals surface area contributed by atoms with Gasteiger partial charge in [-0.3, -0.25) is 4.98 Å². The SMILES string of the molecule is CCCN(CC)C(=O)Nc1cncc(C(=O)O)c1. The number of carboxylic acid groups (broad SMARTS) is 1. The summed E-state index contributed by atoms with van der Waals surface area (Å²) >= 11 is 0. The second-order valence-electron chi connectivity index (χ2n) is 3.78. The standard InChI is InChI=1S/C12H17N3O3/c1-3-5-15(4-2)12(18)14-10-6-9(11(16)17)7-13-8-10/h6-8H,3-5H2,1-2H3,(H,14,18)(H,16,17). The maximum atomic E-state index is 11.9. The summed E-state index contributed by atoms with van der Waals surface area (Å²) in [6.45, 7) is 5.14. The zero-order chi connectivity index (χ0) is 13.5. The van der Waals surface area contributed by atoms with E-state index in [1.54, 1.807) is 4.90 Å². The fourth-order valence-electron chi connectivity index (χ4n) is 1.50. The Labute approximate surface area is 106 Å². The molecule has 18 heavy (non-hydrogen) atoms. The van der Waals surface area contributed by atoms with E-state index >= 15 is 0 Å². The van der Waals surface area contributed by atoms with Crippen LogP contribution in [0.25, 0.3) is 0 Å². The third kappa shape index (κ3) is 3.73. The molecule has 0 aromatic carbocycles. The van der Waals surface area contributed by atoms with E-state index < -0.39 is 5.97 Å². The summed E-state index contributed by atoms with van der Waals surface area (Å²) in [5, 5.41) is 11.5. The number of carbonyl (C=O) groups excluding carboxylic acids is 1. The molecule has 98 valence electrons. The number of urea groups is 1. The number of rotatable bonds is 5. The third-order valence-corrected chi connectivity index (χ3v) is 2.40. The van der Waals surface area contributed by atoms with Crippen LogP contribution in [0.1, 0.15) is 30.6 Å². The molecule has 0 saturated heterocycles. The second-order valence-corrected chi connectivity index (χ2v) is 3.78. The van der Waals surface area contributed by atoms with Crippen molar-refractivity contribution in [3.8, 4) is 0 Å². The highest BCUT2D eigenvalue weighted by atomic mass is 16.4. The Morgan fingerprint density at radius 2 is 2.11 bits per heavy atom. The molecule has 1 rings (SSSR count). The minimum atomic E-state index is -1.07. The monoisotopic (exact) mass is 251 g/mol. The number of hydrogen-bond acceptors (Lipinski definition) is 3. The molecule has 0 radical (unpaired) electrons. The van der Waals surface area contributed by atoms with Crippen LogP contribution in [0.4, 0.5) is 10.5 Å². The molecule has 0 bridgehead atoms. The number of amides is 2. The highest BCUT2D eigenvalue weighted by Gasteiger charge is 2.11. The molecule has 6 nitrogen and oxygen atoms in total. The largest absolute Gasteiger partial charge is 0.478 e. The first kappa shape index (κ1) is 14.0. The smallest absolute Gasteiger partial charge is 0.337 e. The van der Waals surface area contributed by atoms with Gasteiger partial charge in [0.05, 0.1) is 17.4 Å². The minimum Gasteiger partial charge on any atom is -0.478 e. The first-order valence-electron chi connectivity index (χ1n) is 5.82. The summed E-state index contributed by atoms with van der Waals surface area (Å²) in [6, 6.07) is 1.14. The normalized spacial score (nSPS) is 9.89. The number of aromatic nitrogens is 1. The van der Waals surface area contributed by atoms with Gasteiger partial charge in [-0.05, 0) is 19.4 Å². The molecule has 1 heterocycles. The van der Waals surface area contributed by atoms with Crippen LogP contribution >= 0.6 is 0 Å². The Balaban J connectivity index is 2.74. The van der Waals surface area contributed by atoms with Gasteiger partial charge < -0.3 is 15.3 Å². The number of hydrogen-bond donors (Lipinski definition) is 2. The van der Waals surface area contributed by atoms with Crippen molar-refractivity contribution in [3.63, 3.8) is 0 Å². The average molecular weight is 251 g/mol. The molecule has 1 aromatic heterocycles. The average Bonchev–Trinajstić information content (AvgIpc) is 2.36. The molecule has 0 aliphatic rings. The molecule has 0 atom stereocenters. The quantitative estimate of drug-likeness (QED) is 0.839. The lowest BCUT2D eigenvalue weighted by atomic mass is 10.2. The van der Waals surface area contributed by atoms with Gasteiger partial charge in [-0.1, -0.05) is 6.92 Å². The molecule has 0 aliphatic carbocycles. The van der Waals surface area contributed by atoms with Crippen molar-refractivity contribution < 1.29 is 14.7 Å². The molecule has 2 N–H and O–H groups in total. The van der Waals surface area contributed by atoms with Crippen molar-refractivity contribution in [2.24, 2.45) is 0 Å². The second kappa shape index (κ2) is 6.58. The molecule has 0 unspecified atom stereocenters. The number of nitrogens with one attached hydrogen (secondary N) is 1. The Morgan fingerprint density at radius 1 is 1.39 bits per heavy atom. The van der Waals surface area contributed by atoms with Gasteiger partial charge in [0, 0.05) is 19.3 Å². The number of carbonyl (C=O) groups is 2. The Bertz CT molecular complexity index is 434. The van der Waals surface area contributed by atoms with Crippen LogP contribution in [0.3, 0.4) is 0 Å². The molecule has 2 amide bonds. The summed E-state index contributed by atoms with van der Waals surface area (Å²) < 4.78 is 0.